The maximum atomic E-state index is 11.8. The highest BCUT2D eigenvalue weighted by Gasteiger charge is 2.30. The van der Waals surface area contributed by atoms with Crippen LogP contribution in [-0.4, -0.2) is 34.9 Å². The summed E-state index contributed by atoms with van der Waals surface area (Å²) in [6.07, 6.45) is 3.84. The zero-order valence-electron chi connectivity index (χ0n) is 13.7. The van der Waals surface area contributed by atoms with Gasteiger partial charge in [-0.2, -0.15) is 0 Å². The van der Waals surface area contributed by atoms with Crippen molar-refractivity contribution >= 4 is 5.91 Å². The summed E-state index contributed by atoms with van der Waals surface area (Å²) in [5.74, 6) is 2.80. The van der Waals surface area contributed by atoms with Crippen LogP contribution in [0, 0.1) is 5.92 Å². The van der Waals surface area contributed by atoms with Crippen molar-refractivity contribution in [1.82, 2.24) is 14.9 Å². The van der Waals surface area contributed by atoms with Crippen LogP contribution in [0.2, 0.25) is 0 Å². The van der Waals surface area contributed by atoms with E-state index in [-0.39, 0.29) is 24.7 Å². The van der Waals surface area contributed by atoms with Gasteiger partial charge in [-0.25, -0.2) is 4.98 Å². The molecule has 2 aliphatic heterocycles. The first-order valence-electron chi connectivity index (χ1n) is 8.61. The van der Waals surface area contributed by atoms with Gasteiger partial charge < -0.3 is 24.1 Å². The largest absolute Gasteiger partial charge is 0.454 e. The Morgan fingerprint density at radius 2 is 2.16 bits per heavy atom. The number of fused-ring (bicyclic) bond motifs is 2. The van der Waals surface area contributed by atoms with E-state index in [1.807, 2.05) is 24.4 Å². The van der Waals surface area contributed by atoms with Gasteiger partial charge >= 0.3 is 0 Å². The molecule has 5 rings (SSSR count). The molecule has 1 aromatic carbocycles. The molecule has 1 unspecified atom stereocenters. The van der Waals surface area contributed by atoms with E-state index in [0.29, 0.717) is 19.7 Å². The first kappa shape index (κ1) is 14.8. The number of carbonyl (C=O) groups is 1. The second kappa shape index (κ2) is 5.77. The van der Waals surface area contributed by atoms with Gasteiger partial charge in [0, 0.05) is 18.0 Å². The van der Waals surface area contributed by atoms with E-state index in [1.54, 1.807) is 0 Å². The second-order valence-corrected chi connectivity index (χ2v) is 6.69. The minimum absolute atomic E-state index is 0.0443. The number of nitrogens with zero attached hydrogens (tertiary/aromatic N) is 2. The molecule has 0 spiro atoms. The molecule has 130 valence electrons. The van der Waals surface area contributed by atoms with Crippen molar-refractivity contribution in [3.05, 3.63) is 30.2 Å². The van der Waals surface area contributed by atoms with Crippen LogP contribution in [0.5, 0.6) is 11.5 Å². The lowest BCUT2D eigenvalue weighted by Crippen LogP contribution is -2.39. The summed E-state index contributed by atoms with van der Waals surface area (Å²) in [6, 6.07) is 5.91. The molecule has 1 N–H and O–H groups in total. The predicted octanol–water partition coefficient (Wildman–Crippen LogP) is 1.70. The Kier molecular flexibility index (Phi) is 3.41. The van der Waals surface area contributed by atoms with Crippen molar-refractivity contribution in [1.29, 1.82) is 0 Å². The molecule has 1 amide bonds. The third-order valence-corrected chi connectivity index (χ3v) is 4.89. The normalized spacial score (nSPS) is 21.0. The molecular formula is C18H19N3O4. The molecule has 2 aromatic rings. The number of hydrogen-bond acceptors (Lipinski definition) is 5. The summed E-state index contributed by atoms with van der Waals surface area (Å²) in [6.45, 7) is 1.92. The maximum Gasteiger partial charge on any atom is 0.231 e. The molecule has 3 aliphatic rings. The highest BCUT2D eigenvalue weighted by molar-refractivity contribution is 5.80. The number of amides is 1. The fourth-order valence-corrected chi connectivity index (χ4v) is 3.30. The number of hydrogen-bond donors (Lipinski definition) is 1. The van der Waals surface area contributed by atoms with Crippen LogP contribution in [0.3, 0.4) is 0 Å². The molecule has 1 fully saturated rings. The number of carbonyl (C=O) groups excluding carboxylic acids is 1. The summed E-state index contributed by atoms with van der Waals surface area (Å²) >= 11 is 0. The van der Waals surface area contributed by atoms with E-state index in [9.17, 15) is 4.79 Å². The van der Waals surface area contributed by atoms with Crippen LogP contribution in [0.1, 0.15) is 18.7 Å². The standard InChI is InChI=1S/C18H19N3O4/c22-18(11-1-2-11)20-6-13-8-21-14(7-19-17(21)9-23-13)12-3-4-15-16(5-12)25-10-24-15/h3-5,7,11,13H,1-2,6,8-10H2,(H,20,22). The van der Waals surface area contributed by atoms with E-state index >= 15 is 0 Å². The smallest absolute Gasteiger partial charge is 0.231 e. The van der Waals surface area contributed by atoms with Crippen LogP contribution in [-0.2, 0) is 22.7 Å². The first-order chi connectivity index (χ1) is 12.3. The van der Waals surface area contributed by atoms with Crippen LogP contribution in [0.15, 0.2) is 24.4 Å². The highest BCUT2D eigenvalue weighted by atomic mass is 16.7. The highest BCUT2D eigenvalue weighted by Crippen LogP contribution is 2.36. The minimum atomic E-state index is -0.0443. The molecule has 1 saturated carbocycles. The Labute approximate surface area is 144 Å². The van der Waals surface area contributed by atoms with Gasteiger partial charge in [-0.3, -0.25) is 4.79 Å². The van der Waals surface area contributed by atoms with Crippen molar-refractivity contribution in [3.63, 3.8) is 0 Å². The maximum absolute atomic E-state index is 11.8. The minimum Gasteiger partial charge on any atom is -0.454 e. The van der Waals surface area contributed by atoms with E-state index in [2.05, 4.69) is 14.9 Å². The molecular weight excluding hydrogens is 322 g/mol. The van der Waals surface area contributed by atoms with Crippen molar-refractivity contribution < 1.29 is 19.0 Å². The van der Waals surface area contributed by atoms with Gasteiger partial charge in [-0.1, -0.05) is 0 Å². The van der Waals surface area contributed by atoms with Gasteiger partial charge in [0.15, 0.2) is 11.5 Å². The van der Waals surface area contributed by atoms with Crippen molar-refractivity contribution in [2.75, 3.05) is 13.3 Å². The average Bonchev–Trinajstić information content (AvgIpc) is 3.24. The lowest BCUT2D eigenvalue weighted by Gasteiger charge is -2.26. The molecule has 1 aromatic heterocycles. The summed E-state index contributed by atoms with van der Waals surface area (Å²) < 4.78 is 18.8. The zero-order chi connectivity index (χ0) is 16.8. The summed E-state index contributed by atoms with van der Waals surface area (Å²) in [7, 11) is 0. The Morgan fingerprint density at radius 3 is 3.04 bits per heavy atom. The van der Waals surface area contributed by atoms with Gasteiger partial charge in [0.1, 0.15) is 12.4 Å². The molecule has 25 heavy (non-hydrogen) atoms. The molecule has 7 nitrogen and oxygen atoms in total. The van der Waals surface area contributed by atoms with Gasteiger partial charge in [-0.15, -0.1) is 0 Å². The van der Waals surface area contributed by atoms with Crippen molar-refractivity contribution in [2.45, 2.75) is 32.1 Å². The molecule has 7 heteroatoms. The van der Waals surface area contributed by atoms with Crippen LogP contribution >= 0.6 is 0 Å². The monoisotopic (exact) mass is 341 g/mol. The van der Waals surface area contributed by atoms with Crippen LogP contribution in [0.25, 0.3) is 11.3 Å². The Balaban J connectivity index is 1.34. The topological polar surface area (TPSA) is 74.6 Å². The lowest BCUT2D eigenvalue weighted by atomic mass is 10.1. The zero-order valence-corrected chi connectivity index (χ0v) is 13.7. The predicted molar refractivity (Wildman–Crippen MR) is 88.1 cm³/mol. The SMILES string of the molecule is O=C(NCC1Cn2c(-c3ccc4c(c3)OCO4)cnc2CO1)C1CC1. The molecule has 0 radical (unpaired) electrons. The third-order valence-electron chi connectivity index (χ3n) is 4.89. The van der Waals surface area contributed by atoms with Crippen LogP contribution < -0.4 is 14.8 Å². The molecule has 3 heterocycles. The van der Waals surface area contributed by atoms with Gasteiger partial charge in [-0.05, 0) is 31.0 Å². The second-order valence-electron chi connectivity index (χ2n) is 6.69. The average molecular weight is 341 g/mol. The van der Waals surface area contributed by atoms with E-state index in [4.69, 9.17) is 14.2 Å². The molecule has 1 aliphatic carbocycles. The molecule has 1 atom stereocenters. The van der Waals surface area contributed by atoms with Crippen molar-refractivity contribution in [2.24, 2.45) is 5.92 Å². The first-order valence-corrected chi connectivity index (χ1v) is 8.61. The fourth-order valence-electron chi connectivity index (χ4n) is 3.30. The Morgan fingerprint density at radius 1 is 1.28 bits per heavy atom. The number of imidazole rings is 1. The number of nitrogens with one attached hydrogen (secondary N) is 1. The fraction of sp³-hybridized carbons (Fsp3) is 0.444. The summed E-state index contributed by atoms with van der Waals surface area (Å²) in [5.41, 5.74) is 2.06. The number of ether oxygens (including phenoxy) is 3. The summed E-state index contributed by atoms with van der Waals surface area (Å²) in [5, 5.41) is 3.00. The third kappa shape index (κ3) is 2.74. The quantitative estimate of drug-likeness (QED) is 0.916. The van der Waals surface area contributed by atoms with E-state index in [0.717, 1.165) is 41.4 Å². The van der Waals surface area contributed by atoms with Crippen molar-refractivity contribution in [3.8, 4) is 22.8 Å². The van der Waals surface area contributed by atoms with Crippen LogP contribution in [0.4, 0.5) is 0 Å². The molecule has 0 bridgehead atoms. The number of benzene rings is 1. The Bertz CT molecular complexity index is 828. The number of rotatable bonds is 4. The van der Waals surface area contributed by atoms with Gasteiger partial charge in [0.05, 0.1) is 24.5 Å². The van der Waals surface area contributed by atoms with Gasteiger partial charge in [0.2, 0.25) is 12.7 Å². The number of aromatic nitrogens is 2. The molecule has 0 saturated heterocycles. The Hall–Kier alpha value is -2.54. The lowest BCUT2D eigenvalue weighted by molar-refractivity contribution is -0.123. The van der Waals surface area contributed by atoms with E-state index in [1.165, 1.54) is 0 Å². The summed E-state index contributed by atoms with van der Waals surface area (Å²) in [4.78, 5) is 16.3. The van der Waals surface area contributed by atoms with Gasteiger partial charge in [0.25, 0.3) is 0 Å². The van der Waals surface area contributed by atoms with E-state index < -0.39 is 0 Å².